The molecule has 0 radical (unpaired) electrons. The molecule has 13 heteroatoms. The van der Waals surface area contributed by atoms with E-state index < -0.39 is 45.9 Å². The fraction of sp³-hybridized carbons (Fsp3) is 0.304. The van der Waals surface area contributed by atoms with Crippen LogP contribution in [0.5, 0.6) is 0 Å². The second-order valence-electron chi connectivity index (χ2n) is 7.85. The number of benzene rings is 2. The summed E-state index contributed by atoms with van der Waals surface area (Å²) in [5, 5.41) is 10.0. The third-order valence-corrected chi connectivity index (χ3v) is 5.69. The Hall–Kier alpha value is -2.86. The van der Waals surface area contributed by atoms with Crippen LogP contribution in [0.3, 0.4) is 0 Å². The second-order valence-corrected chi connectivity index (χ2v) is 7.85. The average Bonchev–Trinajstić information content (AvgIpc) is 3.01. The molecule has 0 bridgehead atoms. The number of carbonyl (C=O) groups excluding carboxylic acids is 1. The van der Waals surface area contributed by atoms with Gasteiger partial charge in [-0.25, -0.2) is 17.6 Å². The summed E-state index contributed by atoms with van der Waals surface area (Å²) >= 11 is 0. The Bertz CT molecular complexity index is 1210. The van der Waals surface area contributed by atoms with Crippen molar-refractivity contribution in [2.45, 2.75) is 6.10 Å². The number of nitrogens with zero attached hydrogens (tertiary/aromatic N) is 3. The van der Waals surface area contributed by atoms with E-state index in [0.717, 1.165) is 30.3 Å². The van der Waals surface area contributed by atoms with Crippen LogP contribution >= 0.6 is 24.8 Å². The largest absolute Gasteiger partial charge is 0.378 e. The van der Waals surface area contributed by atoms with Gasteiger partial charge in [0, 0.05) is 40.3 Å². The summed E-state index contributed by atoms with van der Waals surface area (Å²) in [5.74, 6) is -5.20. The predicted octanol–water partition coefficient (Wildman–Crippen LogP) is 4.16. The van der Waals surface area contributed by atoms with E-state index in [2.05, 4.69) is 15.7 Å². The molecule has 36 heavy (non-hydrogen) atoms. The number of amides is 1. The fourth-order valence-electron chi connectivity index (χ4n) is 4.01. The van der Waals surface area contributed by atoms with Gasteiger partial charge in [-0.15, -0.1) is 24.8 Å². The molecule has 2 N–H and O–H groups in total. The number of hydrogen-bond acceptors (Lipinski definition) is 5. The van der Waals surface area contributed by atoms with Gasteiger partial charge in [0.2, 0.25) is 0 Å². The molecule has 1 fully saturated rings. The maximum absolute atomic E-state index is 15.3. The summed E-state index contributed by atoms with van der Waals surface area (Å²) in [7, 11) is 3.30. The highest BCUT2D eigenvalue weighted by molar-refractivity contribution is 6.06. The molecule has 1 aromatic heterocycles. The summed E-state index contributed by atoms with van der Waals surface area (Å²) in [6, 6.07) is 4.57. The number of aryl methyl sites for hydroxylation is 1. The zero-order chi connectivity index (χ0) is 24.4. The maximum Gasteiger partial charge on any atom is 0.258 e. The SMILES string of the molecule is COC1CNCCN(c2c(NC(=O)c3ccc(F)c(-c4c(F)cccc4F)c3F)cnn2C)C1.Cl.Cl. The molecule has 1 amide bonds. The van der Waals surface area contributed by atoms with Crippen LogP contribution in [0.15, 0.2) is 36.5 Å². The topological polar surface area (TPSA) is 71.4 Å². The molecule has 2 heterocycles. The van der Waals surface area contributed by atoms with E-state index in [1.807, 2.05) is 4.90 Å². The summed E-state index contributed by atoms with van der Waals surface area (Å²) in [6.07, 6.45) is 1.31. The molecule has 1 saturated heterocycles. The van der Waals surface area contributed by atoms with Gasteiger partial charge in [0.05, 0.1) is 29.0 Å². The van der Waals surface area contributed by atoms with Crippen LogP contribution in [0.2, 0.25) is 0 Å². The quantitative estimate of drug-likeness (QED) is 0.467. The van der Waals surface area contributed by atoms with Crippen LogP contribution in [0.4, 0.5) is 29.1 Å². The van der Waals surface area contributed by atoms with E-state index in [1.54, 1.807) is 18.8 Å². The van der Waals surface area contributed by atoms with Crippen molar-refractivity contribution in [3.8, 4) is 11.1 Å². The first kappa shape index (κ1) is 29.4. The van der Waals surface area contributed by atoms with Gasteiger partial charge >= 0.3 is 0 Å². The van der Waals surface area contributed by atoms with E-state index in [0.29, 0.717) is 37.7 Å². The highest BCUT2D eigenvalue weighted by Gasteiger charge is 2.27. The number of hydrogen-bond donors (Lipinski definition) is 2. The Morgan fingerprint density at radius 3 is 2.42 bits per heavy atom. The van der Waals surface area contributed by atoms with Gasteiger partial charge in [-0.2, -0.15) is 5.10 Å². The molecule has 3 aromatic rings. The summed E-state index contributed by atoms with van der Waals surface area (Å²) < 4.78 is 65.2. The minimum Gasteiger partial charge on any atom is -0.378 e. The van der Waals surface area contributed by atoms with Crippen LogP contribution in [0, 0.1) is 23.3 Å². The lowest BCUT2D eigenvalue weighted by Gasteiger charge is -2.26. The normalized spacial score (nSPS) is 15.5. The monoisotopic (exact) mass is 549 g/mol. The van der Waals surface area contributed by atoms with Crippen LogP contribution in [-0.2, 0) is 11.8 Å². The Balaban J connectivity index is 0.00000228. The molecule has 0 spiro atoms. The number of aromatic nitrogens is 2. The van der Waals surface area contributed by atoms with Gasteiger partial charge in [0.15, 0.2) is 5.82 Å². The molecule has 4 rings (SSSR count). The van der Waals surface area contributed by atoms with Crippen molar-refractivity contribution < 1.29 is 27.1 Å². The van der Waals surface area contributed by atoms with Crippen molar-refractivity contribution in [1.29, 1.82) is 0 Å². The zero-order valence-electron chi connectivity index (χ0n) is 19.4. The van der Waals surface area contributed by atoms with Crippen LogP contribution in [0.25, 0.3) is 11.1 Å². The number of ether oxygens (including phenoxy) is 1. The molecule has 7 nitrogen and oxygen atoms in total. The summed E-state index contributed by atoms with van der Waals surface area (Å²) in [5.41, 5.74) is -2.10. The highest BCUT2D eigenvalue weighted by Crippen LogP contribution is 2.33. The number of halogens is 6. The van der Waals surface area contributed by atoms with Crippen molar-refractivity contribution in [3.05, 3.63) is 65.4 Å². The van der Waals surface area contributed by atoms with Gasteiger partial charge < -0.3 is 20.3 Å². The van der Waals surface area contributed by atoms with Gasteiger partial charge in [-0.05, 0) is 24.3 Å². The maximum atomic E-state index is 15.3. The fourth-order valence-corrected chi connectivity index (χ4v) is 4.01. The molecular weight excluding hydrogens is 525 g/mol. The molecule has 0 aliphatic carbocycles. The molecule has 1 aliphatic rings. The lowest BCUT2D eigenvalue weighted by molar-refractivity contribution is 0.102. The zero-order valence-corrected chi connectivity index (χ0v) is 21.0. The van der Waals surface area contributed by atoms with Crippen molar-refractivity contribution in [1.82, 2.24) is 15.1 Å². The van der Waals surface area contributed by atoms with Gasteiger partial charge in [-0.1, -0.05) is 6.07 Å². The number of anilines is 2. The number of methoxy groups -OCH3 is 1. The average molecular weight is 550 g/mol. The van der Waals surface area contributed by atoms with Gasteiger partial charge in [-0.3, -0.25) is 9.48 Å². The first-order valence-corrected chi connectivity index (χ1v) is 10.6. The lowest BCUT2D eigenvalue weighted by Crippen LogP contribution is -2.35. The van der Waals surface area contributed by atoms with E-state index in [-0.39, 0.29) is 30.9 Å². The summed E-state index contributed by atoms with van der Waals surface area (Å²) in [4.78, 5) is 14.9. The Kier molecular flexibility index (Phi) is 10.1. The van der Waals surface area contributed by atoms with Crippen molar-refractivity contribution in [2.75, 3.05) is 43.5 Å². The third-order valence-electron chi connectivity index (χ3n) is 5.69. The van der Waals surface area contributed by atoms with Crippen molar-refractivity contribution in [2.24, 2.45) is 7.05 Å². The first-order valence-electron chi connectivity index (χ1n) is 10.6. The molecule has 196 valence electrons. The van der Waals surface area contributed by atoms with Gasteiger partial charge in [0.25, 0.3) is 5.91 Å². The van der Waals surface area contributed by atoms with Crippen molar-refractivity contribution in [3.63, 3.8) is 0 Å². The standard InChI is InChI=1S/C23H23F4N5O2.2ClH/c1-31-23(32-9-8-28-10-13(12-32)34-2)18(11-29-31)30-22(33)14-6-7-17(26)20(21(14)27)19-15(24)4-3-5-16(19)25;;/h3-7,11,13,28H,8-10,12H2,1-2H3,(H,30,33);2*1H. The van der Waals surface area contributed by atoms with Crippen LogP contribution in [0.1, 0.15) is 10.4 Å². The Morgan fingerprint density at radius 1 is 1.08 bits per heavy atom. The molecule has 1 unspecified atom stereocenters. The van der Waals surface area contributed by atoms with Crippen LogP contribution < -0.4 is 15.5 Å². The minimum atomic E-state index is -1.37. The van der Waals surface area contributed by atoms with Crippen molar-refractivity contribution >= 4 is 42.2 Å². The highest BCUT2D eigenvalue weighted by atomic mass is 35.5. The predicted molar refractivity (Wildman–Crippen MR) is 133 cm³/mol. The number of carbonyl (C=O) groups is 1. The molecular formula is C23H25Cl2F4N5O2. The molecule has 1 aliphatic heterocycles. The minimum absolute atomic E-state index is 0. The van der Waals surface area contributed by atoms with E-state index >= 15 is 4.39 Å². The van der Waals surface area contributed by atoms with Crippen LogP contribution in [-0.4, -0.2) is 55.1 Å². The second kappa shape index (κ2) is 12.4. The van der Waals surface area contributed by atoms with Gasteiger partial charge in [0.1, 0.15) is 29.0 Å². The molecule has 1 atom stereocenters. The Labute approximate surface area is 217 Å². The van der Waals surface area contributed by atoms with E-state index in [4.69, 9.17) is 4.74 Å². The van der Waals surface area contributed by atoms with E-state index in [9.17, 15) is 18.0 Å². The molecule has 0 saturated carbocycles. The number of rotatable bonds is 5. The Morgan fingerprint density at radius 2 is 1.75 bits per heavy atom. The lowest BCUT2D eigenvalue weighted by atomic mass is 9.99. The van der Waals surface area contributed by atoms with E-state index in [1.165, 1.54) is 6.20 Å². The smallest absolute Gasteiger partial charge is 0.258 e. The summed E-state index contributed by atoms with van der Waals surface area (Å²) in [6.45, 7) is 2.45. The molecule has 2 aromatic carbocycles. The third kappa shape index (κ3) is 5.75. The first-order chi connectivity index (χ1) is 16.3. The number of nitrogens with one attached hydrogen (secondary N) is 2.